The van der Waals surface area contributed by atoms with E-state index in [0.29, 0.717) is 22.7 Å². The van der Waals surface area contributed by atoms with E-state index in [1.807, 2.05) is 12.1 Å². The lowest BCUT2D eigenvalue weighted by Gasteiger charge is -2.19. The fourth-order valence-corrected chi connectivity index (χ4v) is 2.46. The molecule has 0 aliphatic carbocycles. The lowest BCUT2D eigenvalue weighted by atomic mass is 10.1. The Labute approximate surface area is 142 Å². The summed E-state index contributed by atoms with van der Waals surface area (Å²) < 4.78 is 10.5. The van der Waals surface area contributed by atoms with Crippen molar-refractivity contribution in [3.05, 3.63) is 42.1 Å². The Balaban J connectivity index is 2.21. The van der Waals surface area contributed by atoms with Gasteiger partial charge in [-0.1, -0.05) is 6.07 Å². The first-order valence-electron chi connectivity index (χ1n) is 7.87. The molecule has 2 aromatic rings. The van der Waals surface area contributed by atoms with Crippen molar-refractivity contribution in [3.8, 4) is 11.5 Å². The summed E-state index contributed by atoms with van der Waals surface area (Å²) >= 11 is 0. The van der Waals surface area contributed by atoms with Gasteiger partial charge >= 0.3 is 0 Å². The summed E-state index contributed by atoms with van der Waals surface area (Å²) in [5, 5.41) is 2.83. The number of rotatable bonds is 7. The van der Waals surface area contributed by atoms with Crippen LogP contribution in [0.2, 0.25) is 0 Å². The zero-order valence-corrected chi connectivity index (χ0v) is 14.5. The lowest BCUT2D eigenvalue weighted by molar-refractivity contribution is 0.102. The number of pyridine rings is 1. The number of aromatic nitrogens is 1. The molecule has 1 amide bonds. The molecule has 0 atom stereocenters. The van der Waals surface area contributed by atoms with Crippen LogP contribution in [0.3, 0.4) is 0 Å². The van der Waals surface area contributed by atoms with Gasteiger partial charge in [0.05, 0.1) is 26.1 Å². The molecular weight excluding hydrogens is 306 g/mol. The van der Waals surface area contributed by atoms with Crippen LogP contribution in [0.15, 0.2) is 36.5 Å². The standard InChI is InChI=1S/C18H23N3O3/c1-5-21(6-2)16-11-10-13(12-19-16)20-18(22)17-14(23-3)8-7-9-15(17)24-4/h7-12H,5-6H2,1-4H3,(H,20,22). The van der Waals surface area contributed by atoms with E-state index in [1.54, 1.807) is 24.4 Å². The van der Waals surface area contributed by atoms with Crippen LogP contribution >= 0.6 is 0 Å². The molecule has 1 heterocycles. The Kier molecular flexibility index (Phi) is 6.01. The number of carbonyl (C=O) groups is 1. The Morgan fingerprint density at radius 2 is 1.71 bits per heavy atom. The van der Waals surface area contributed by atoms with Crippen LogP contribution in [-0.4, -0.2) is 38.2 Å². The number of benzene rings is 1. The third-order valence-electron chi connectivity index (χ3n) is 3.75. The zero-order chi connectivity index (χ0) is 17.5. The minimum absolute atomic E-state index is 0.304. The van der Waals surface area contributed by atoms with Gasteiger partial charge in [0.2, 0.25) is 0 Å². The summed E-state index contributed by atoms with van der Waals surface area (Å²) in [6, 6.07) is 8.94. The van der Waals surface area contributed by atoms with E-state index < -0.39 is 0 Å². The second kappa shape index (κ2) is 8.19. The van der Waals surface area contributed by atoms with E-state index in [9.17, 15) is 4.79 Å². The molecule has 0 saturated carbocycles. The number of nitrogens with zero attached hydrogens (tertiary/aromatic N) is 2. The first-order chi connectivity index (χ1) is 11.6. The van der Waals surface area contributed by atoms with Crippen molar-refractivity contribution in [2.75, 3.05) is 37.5 Å². The van der Waals surface area contributed by atoms with Crippen molar-refractivity contribution in [2.24, 2.45) is 0 Å². The van der Waals surface area contributed by atoms with Crippen molar-refractivity contribution >= 4 is 17.4 Å². The average molecular weight is 329 g/mol. The summed E-state index contributed by atoms with van der Waals surface area (Å²) in [6.07, 6.45) is 1.65. The van der Waals surface area contributed by atoms with Crippen molar-refractivity contribution in [1.29, 1.82) is 0 Å². The van der Waals surface area contributed by atoms with Crippen LogP contribution in [0.25, 0.3) is 0 Å². The molecule has 24 heavy (non-hydrogen) atoms. The molecule has 0 aliphatic heterocycles. The van der Waals surface area contributed by atoms with Crippen LogP contribution in [0.4, 0.5) is 11.5 Å². The second-order valence-corrected chi connectivity index (χ2v) is 5.07. The Hall–Kier alpha value is -2.76. The van der Waals surface area contributed by atoms with Gasteiger partial charge in [-0.15, -0.1) is 0 Å². The quantitative estimate of drug-likeness (QED) is 0.845. The highest BCUT2D eigenvalue weighted by Gasteiger charge is 2.18. The van der Waals surface area contributed by atoms with E-state index in [4.69, 9.17) is 9.47 Å². The average Bonchev–Trinajstić information content (AvgIpc) is 2.63. The Bertz CT molecular complexity index is 660. The zero-order valence-electron chi connectivity index (χ0n) is 14.5. The maximum absolute atomic E-state index is 12.6. The molecule has 6 heteroatoms. The number of hydrogen-bond donors (Lipinski definition) is 1. The molecule has 0 bridgehead atoms. The highest BCUT2D eigenvalue weighted by atomic mass is 16.5. The van der Waals surface area contributed by atoms with Gasteiger partial charge in [-0.2, -0.15) is 0 Å². The highest BCUT2D eigenvalue weighted by Crippen LogP contribution is 2.29. The molecule has 0 saturated heterocycles. The largest absolute Gasteiger partial charge is 0.496 e. The van der Waals surface area contributed by atoms with E-state index >= 15 is 0 Å². The normalized spacial score (nSPS) is 10.2. The van der Waals surface area contributed by atoms with E-state index in [1.165, 1.54) is 14.2 Å². The van der Waals surface area contributed by atoms with Crippen molar-refractivity contribution in [1.82, 2.24) is 4.98 Å². The number of nitrogens with one attached hydrogen (secondary N) is 1. The van der Waals surface area contributed by atoms with Crippen LogP contribution in [0, 0.1) is 0 Å². The predicted octanol–water partition coefficient (Wildman–Crippen LogP) is 3.20. The summed E-state index contributed by atoms with van der Waals surface area (Å²) in [5.41, 5.74) is 0.971. The van der Waals surface area contributed by atoms with E-state index in [2.05, 4.69) is 29.0 Å². The van der Waals surface area contributed by atoms with Gasteiger partial charge in [-0.05, 0) is 38.1 Å². The minimum atomic E-state index is -0.304. The molecule has 0 radical (unpaired) electrons. The Morgan fingerprint density at radius 1 is 1.08 bits per heavy atom. The van der Waals surface area contributed by atoms with Gasteiger partial charge < -0.3 is 19.7 Å². The fourth-order valence-electron chi connectivity index (χ4n) is 2.46. The monoisotopic (exact) mass is 329 g/mol. The second-order valence-electron chi connectivity index (χ2n) is 5.07. The Morgan fingerprint density at radius 3 is 2.17 bits per heavy atom. The SMILES string of the molecule is CCN(CC)c1ccc(NC(=O)c2c(OC)cccc2OC)cn1. The molecule has 1 aromatic carbocycles. The number of hydrogen-bond acceptors (Lipinski definition) is 5. The van der Waals surface area contributed by atoms with Gasteiger partial charge in [0.1, 0.15) is 22.9 Å². The topological polar surface area (TPSA) is 63.7 Å². The molecule has 0 aliphatic rings. The molecule has 0 unspecified atom stereocenters. The molecule has 1 N–H and O–H groups in total. The fraction of sp³-hybridized carbons (Fsp3) is 0.333. The van der Waals surface area contributed by atoms with E-state index in [-0.39, 0.29) is 5.91 Å². The van der Waals surface area contributed by atoms with E-state index in [0.717, 1.165) is 18.9 Å². The first kappa shape index (κ1) is 17.6. The molecule has 0 fully saturated rings. The maximum atomic E-state index is 12.6. The van der Waals surface area contributed by atoms with Crippen LogP contribution < -0.4 is 19.7 Å². The van der Waals surface area contributed by atoms with Crippen LogP contribution in [-0.2, 0) is 0 Å². The third-order valence-corrected chi connectivity index (χ3v) is 3.75. The number of amides is 1. The van der Waals surface area contributed by atoms with Crippen molar-refractivity contribution in [2.45, 2.75) is 13.8 Å². The summed E-state index contributed by atoms with van der Waals surface area (Å²) in [4.78, 5) is 19.1. The maximum Gasteiger partial charge on any atom is 0.263 e. The predicted molar refractivity (Wildman–Crippen MR) is 95.3 cm³/mol. The van der Waals surface area contributed by atoms with Gasteiger partial charge in [0.15, 0.2) is 0 Å². The van der Waals surface area contributed by atoms with Crippen molar-refractivity contribution < 1.29 is 14.3 Å². The molecule has 2 rings (SSSR count). The smallest absolute Gasteiger partial charge is 0.263 e. The lowest BCUT2D eigenvalue weighted by Crippen LogP contribution is -2.23. The number of methoxy groups -OCH3 is 2. The van der Waals surface area contributed by atoms with Crippen molar-refractivity contribution in [3.63, 3.8) is 0 Å². The summed E-state index contributed by atoms with van der Waals surface area (Å²) in [6.45, 7) is 5.92. The molecule has 1 aromatic heterocycles. The molecule has 0 spiro atoms. The van der Waals surface area contributed by atoms with Gasteiger partial charge in [-0.25, -0.2) is 4.98 Å². The summed E-state index contributed by atoms with van der Waals surface area (Å²) in [5.74, 6) is 1.49. The summed E-state index contributed by atoms with van der Waals surface area (Å²) in [7, 11) is 3.04. The van der Waals surface area contributed by atoms with Gasteiger partial charge in [0.25, 0.3) is 5.91 Å². The van der Waals surface area contributed by atoms with Gasteiger partial charge in [-0.3, -0.25) is 4.79 Å². The number of ether oxygens (including phenoxy) is 2. The molecular formula is C18H23N3O3. The van der Waals surface area contributed by atoms with Crippen LogP contribution in [0.5, 0.6) is 11.5 Å². The first-order valence-corrected chi connectivity index (χ1v) is 7.87. The third kappa shape index (κ3) is 3.76. The molecule has 128 valence electrons. The van der Waals surface area contributed by atoms with Gasteiger partial charge in [0, 0.05) is 13.1 Å². The highest BCUT2D eigenvalue weighted by molar-refractivity contribution is 6.08. The molecule has 6 nitrogen and oxygen atoms in total. The number of anilines is 2. The van der Waals surface area contributed by atoms with Crippen LogP contribution in [0.1, 0.15) is 24.2 Å². The number of carbonyl (C=O) groups excluding carboxylic acids is 1. The minimum Gasteiger partial charge on any atom is -0.496 e.